The number of benzene rings is 1. The lowest BCUT2D eigenvalue weighted by molar-refractivity contribution is -0.138. The number of carbonyl (C=O) groups excluding carboxylic acids is 2. The van der Waals surface area contributed by atoms with E-state index >= 15 is 0 Å². The van der Waals surface area contributed by atoms with Crippen LogP contribution in [0.15, 0.2) is 100 Å². The van der Waals surface area contributed by atoms with Crippen LogP contribution in [0.5, 0.6) is 0 Å². The van der Waals surface area contributed by atoms with Gasteiger partial charge in [0, 0.05) is 11.8 Å². The Hall–Kier alpha value is -3.53. The standard InChI is InChI=1S/C24H21NO3/c1-2-28-24(27)23(25-16-19-10-12-20(17-26)13-11-19)15-22-9-5-7-18-6-3-4-8-21(22)14-18/h3-13,15-17H,2,14H2,1H3/b23-15-,25-16?. The summed E-state index contributed by atoms with van der Waals surface area (Å²) in [7, 11) is 0. The zero-order valence-electron chi connectivity index (χ0n) is 15.7. The fourth-order valence-electron chi connectivity index (χ4n) is 2.83. The molecule has 4 heteroatoms. The molecule has 0 spiro atoms. The predicted octanol–water partition coefficient (Wildman–Crippen LogP) is 4.67. The Morgan fingerprint density at radius 1 is 1.07 bits per heavy atom. The first kappa shape index (κ1) is 19.2. The van der Waals surface area contributed by atoms with Crippen LogP contribution in [-0.4, -0.2) is 25.1 Å². The van der Waals surface area contributed by atoms with E-state index in [1.807, 2.05) is 30.4 Å². The quantitative estimate of drug-likeness (QED) is 0.316. The zero-order chi connectivity index (χ0) is 19.8. The number of hydrogen-bond donors (Lipinski definition) is 0. The number of aldehydes is 1. The predicted molar refractivity (Wildman–Crippen MR) is 111 cm³/mol. The van der Waals surface area contributed by atoms with Crippen LogP contribution in [0.4, 0.5) is 0 Å². The van der Waals surface area contributed by atoms with E-state index in [4.69, 9.17) is 4.74 Å². The average molecular weight is 371 g/mol. The van der Waals surface area contributed by atoms with Crippen LogP contribution in [0.25, 0.3) is 0 Å². The average Bonchev–Trinajstić information content (AvgIpc) is 3.07. The number of esters is 1. The maximum Gasteiger partial charge on any atom is 0.356 e. The molecular formula is C24H21NO3. The smallest absolute Gasteiger partial charge is 0.356 e. The van der Waals surface area contributed by atoms with Crippen LogP contribution in [0.2, 0.25) is 0 Å². The van der Waals surface area contributed by atoms with Gasteiger partial charge in [-0.1, -0.05) is 66.8 Å². The van der Waals surface area contributed by atoms with E-state index in [2.05, 4.69) is 17.1 Å². The molecule has 2 aliphatic carbocycles. The van der Waals surface area contributed by atoms with Crippen LogP contribution in [0, 0.1) is 0 Å². The van der Waals surface area contributed by atoms with Gasteiger partial charge in [-0.2, -0.15) is 0 Å². The lowest BCUT2D eigenvalue weighted by atomic mass is 9.99. The van der Waals surface area contributed by atoms with Gasteiger partial charge in [0.25, 0.3) is 0 Å². The minimum absolute atomic E-state index is 0.225. The second-order valence-electron chi connectivity index (χ2n) is 6.27. The van der Waals surface area contributed by atoms with Gasteiger partial charge < -0.3 is 4.74 Å². The van der Waals surface area contributed by atoms with Gasteiger partial charge in [-0.25, -0.2) is 9.79 Å². The molecule has 1 aromatic carbocycles. The maximum atomic E-state index is 12.4. The second kappa shape index (κ2) is 9.42. The molecule has 140 valence electrons. The number of nitrogens with zero attached hydrogens (tertiary/aromatic N) is 1. The lowest BCUT2D eigenvalue weighted by Crippen LogP contribution is -2.07. The molecule has 28 heavy (non-hydrogen) atoms. The molecule has 0 heterocycles. The zero-order valence-corrected chi connectivity index (χ0v) is 15.7. The highest BCUT2D eigenvalue weighted by molar-refractivity contribution is 5.93. The lowest BCUT2D eigenvalue weighted by Gasteiger charge is -2.08. The molecular weight excluding hydrogens is 350 g/mol. The Kier molecular flexibility index (Phi) is 6.47. The largest absolute Gasteiger partial charge is 0.461 e. The molecule has 4 nitrogen and oxygen atoms in total. The number of rotatable bonds is 6. The first-order valence-electron chi connectivity index (χ1n) is 9.13. The molecule has 2 aliphatic rings. The van der Waals surface area contributed by atoms with E-state index in [0.717, 1.165) is 29.4 Å². The van der Waals surface area contributed by atoms with E-state index in [1.165, 1.54) is 5.57 Å². The first-order valence-corrected chi connectivity index (χ1v) is 9.13. The summed E-state index contributed by atoms with van der Waals surface area (Å²) >= 11 is 0. The van der Waals surface area contributed by atoms with Crippen LogP contribution in [-0.2, 0) is 9.53 Å². The summed E-state index contributed by atoms with van der Waals surface area (Å²) in [6.45, 7) is 2.04. The fourth-order valence-corrected chi connectivity index (χ4v) is 2.83. The Morgan fingerprint density at radius 3 is 2.57 bits per heavy atom. The molecule has 0 N–H and O–H groups in total. The van der Waals surface area contributed by atoms with E-state index in [9.17, 15) is 9.59 Å². The van der Waals surface area contributed by atoms with Crippen LogP contribution in [0.1, 0.15) is 29.3 Å². The van der Waals surface area contributed by atoms with Gasteiger partial charge in [0.1, 0.15) is 12.0 Å². The van der Waals surface area contributed by atoms with E-state index < -0.39 is 5.97 Å². The third kappa shape index (κ3) is 5.01. The topological polar surface area (TPSA) is 55.7 Å². The highest BCUT2D eigenvalue weighted by Crippen LogP contribution is 2.27. The minimum atomic E-state index is -0.474. The van der Waals surface area contributed by atoms with Crippen LogP contribution < -0.4 is 0 Å². The van der Waals surface area contributed by atoms with Crippen LogP contribution >= 0.6 is 0 Å². The van der Waals surface area contributed by atoms with Crippen molar-refractivity contribution in [3.63, 3.8) is 0 Å². The third-order valence-corrected chi connectivity index (χ3v) is 4.27. The summed E-state index contributed by atoms with van der Waals surface area (Å²) in [5.74, 6) is -0.474. The van der Waals surface area contributed by atoms with E-state index in [0.29, 0.717) is 5.56 Å². The van der Waals surface area contributed by atoms with Gasteiger partial charge in [0.15, 0.2) is 0 Å². The second-order valence-corrected chi connectivity index (χ2v) is 6.27. The summed E-state index contributed by atoms with van der Waals surface area (Å²) in [5.41, 5.74) is 4.84. The molecule has 0 saturated heterocycles. The van der Waals surface area contributed by atoms with E-state index in [1.54, 1.807) is 43.5 Å². The van der Waals surface area contributed by atoms with Crippen molar-refractivity contribution in [2.24, 2.45) is 4.99 Å². The van der Waals surface area contributed by atoms with Crippen molar-refractivity contribution in [2.45, 2.75) is 13.3 Å². The van der Waals surface area contributed by atoms with Crippen molar-refractivity contribution >= 4 is 18.5 Å². The number of allylic oxidation sites excluding steroid dienone is 11. The fraction of sp³-hybridized carbons (Fsp3) is 0.125. The van der Waals surface area contributed by atoms with Gasteiger partial charge in [-0.05, 0) is 41.7 Å². The molecule has 0 unspecified atom stereocenters. The van der Waals surface area contributed by atoms with Crippen molar-refractivity contribution in [1.29, 1.82) is 0 Å². The van der Waals surface area contributed by atoms with Gasteiger partial charge >= 0.3 is 5.97 Å². The summed E-state index contributed by atoms with van der Waals surface area (Å²) in [5, 5.41) is 0. The first-order chi connectivity index (χ1) is 13.7. The Bertz CT molecular complexity index is 968. The molecule has 3 rings (SSSR count). The van der Waals surface area contributed by atoms with Crippen molar-refractivity contribution in [3.05, 3.63) is 106 Å². The summed E-state index contributed by atoms with van der Waals surface area (Å²) in [6.07, 6.45) is 19.1. The molecule has 0 atom stereocenters. The Balaban J connectivity index is 1.92. The molecule has 0 fully saturated rings. The van der Waals surface area contributed by atoms with Gasteiger partial charge in [0.05, 0.1) is 6.61 Å². The number of carbonyl (C=O) groups is 2. The van der Waals surface area contributed by atoms with Gasteiger partial charge in [-0.3, -0.25) is 4.79 Å². The molecule has 0 amide bonds. The SMILES string of the molecule is CCOC(=O)/C(=C/C1=CC=CC2=CC=CC=C1C2)N=Cc1ccc(C=O)cc1. The van der Waals surface area contributed by atoms with Crippen LogP contribution in [0.3, 0.4) is 0 Å². The number of ether oxygens (including phenoxy) is 1. The number of hydrogen-bond acceptors (Lipinski definition) is 4. The van der Waals surface area contributed by atoms with Crippen molar-refractivity contribution in [1.82, 2.24) is 0 Å². The molecule has 1 aromatic rings. The van der Waals surface area contributed by atoms with Crippen molar-refractivity contribution in [3.8, 4) is 0 Å². The highest BCUT2D eigenvalue weighted by Gasteiger charge is 2.14. The summed E-state index contributed by atoms with van der Waals surface area (Å²) in [4.78, 5) is 27.6. The molecule has 0 saturated carbocycles. The molecule has 2 bridgehead atoms. The summed E-state index contributed by atoms with van der Waals surface area (Å²) in [6, 6.07) is 6.97. The number of fused-ring (bicyclic) bond motifs is 2. The molecule has 0 aliphatic heterocycles. The Morgan fingerprint density at radius 2 is 1.82 bits per heavy atom. The summed E-state index contributed by atoms with van der Waals surface area (Å²) < 4.78 is 5.17. The third-order valence-electron chi connectivity index (χ3n) is 4.27. The maximum absolute atomic E-state index is 12.4. The normalized spacial score (nSPS) is 16.0. The van der Waals surface area contributed by atoms with Gasteiger partial charge in [-0.15, -0.1) is 0 Å². The highest BCUT2D eigenvalue weighted by atomic mass is 16.5. The number of aliphatic imine (C=N–C) groups is 1. The molecule has 0 radical (unpaired) electrons. The Labute approximate surface area is 164 Å². The van der Waals surface area contributed by atoms with Crippen molar-refractivity contribution in [2.75, 3.05) is 6.61 Å². The van der Waals surface area contributed by atoms with Gasteiger partial charge in [0.2, 0.25) is 0 Å². The monoisotopic (exact) mass is 371 g/mol. The minimum Gasteiger partial charge on any atom is -0.461 e. The van der Waals surface area contributed by atoms with Crippen molar-refractivity contribution < 1.29 is 14.3 Å². The molecule has 0 aromatic heterocycles. The van der Waals surface area contributed by atoms with E-state index in [-0.39, 0.29) is 12.3 Å².